The van der Waals surface area contributed by atoms with Gasteiger partial charge in [-0.1, -0.05) is 30.3 Å². The van der Waals surface area contributed by atoms with Crippen molar-refractivity contribution in [3.05, 3.63) is 65.7 Å². The van der Waals surface area contributed by atoms with Gasteiger partial charge in [0.25, 0.3) is 5.91 Å². The molecule has 1 amide bonds. The normalized spacial score (nSPS) is 11.5. The van der Waals surface area contributed by atoms with Gasteiger partial charge in [-0.25, -0.2) is 4.79 Å². The number of benzene rings is 2. The molecule has 0 fully saturated rings. The number of hydrogen-bond acceptors (Lipinski definition) is 5. The average molecular weight is 371 g/mol. The number of rotatable bonds is 10. The summed E-state index contributed by atoms with van der Waals surface area (Å²) in [4.78, 5) is 24.0. The molecule has 1 atom stereocenters. The summed E-state index contributed by atoms with van der Waals surface area (Å²) in [5.74, 6) is -0.142. The monoisotopic (exact) mass is 371 g/mol. The van der Waals surface area contributed by atoms with Crippen molar-refractivity contribution in [1.29, 1.82) is 0 Å². The van der Waals surface area contributed by atoms with E-state index < -0.39 is 12.1 Å². The van der Waals surface area contributed by atoms with Crippen molar-refractivity contribution < 1.29 is 23.8 Å². The topological polar surface area (TPSA) is 73.9 Å². The first-order valence-electron chi connectivity index (χ1n) is 8.93. The number of ether oxygens (including phenoxy) is 3. The average Bonchev–Trinajstić information content (AvgIpc) is 2.70. The Balaban J connectivity index is 1.79. The fourth-order valence-corrected chi connectivity index (χ4v) is 2.28. The van der Waals surface area contributed by atoms with Gasteiger partial charge in [-0.15, -0.1) is 0 Å². The second kappa shape index (κ2) is 11.0. The summed E-state index contributed by atoms with van der Waals surface area (Å²) in [6.45, 7) is 5.09. The first kappa shape index (κ1) is 20.5. The van der Waals surface area contributed by atoms with Crippen LogP contribution in [0.5, 0.6) is 5.75 Å². The largest absolute Gasteiger partial charge is 0.479 e. The molecule has 0 saturated heterocycles. The van der Waals surface area contributed by atoms with Crippen molar-refractivity contribution >= 4 is 11.9 Å². The van der Waals surface area contributed by atoms with Crippen LogP contribution in [0.2, 0.25) is 0 Å². The highest BCUT2D eigenvalue weighted by molar-refractivity contribution is 5.94. The van der Waals surface area contributed by atoms with Crippen LogP contribution in [0.4, 0.5) is 0 Å². The van der Waals surface area contributed by atoms with Crippen LogP contribution in [0.15, 0.2) is 54.6 Å². The van der Waals surface area contributed by atoms with Crippen LogP contribution < -0.4 is 10.1 Å². The molecule has 6 heteroatoms. The van der Waals surface area contributed by atoms with Crippen LogP contribution in [-0.4, -0.2) is 37.8 Å². The van der Waals surface area contributed by atoms with E-state index in [0.29, 0.717) is 31.1 Å². The smallest absolute Gasteiger partial charge is 0.347 e. The molecule has 6 nitrogen and oxygen atoms in total. The Morgan fingerprint density at radius 2 is 1.70 bits per heavy atom. The van der Waals surface area contributed by atoms with Crippen LogP contribution in [0, 0.1) is 0 Å². The molecular formula is C21H25NO5. The molecule has 0 aromatic heterocycles. The van der Waals surface area contributed by atoms with E-state index in [2.05, 4.69) is 5.32 Å². The van der Waals surface area contributed by atoms with Crippen molar-refractivity contribution in [3.63, 3.8) is 0 Å². The van der Waals surface area contributed by atoms with E-state index in [0.717, 1.165) is 5.56 Å². The molecule has 1 N–H and O–H groups in total. The molecule has 0 bridgehead atoms. The number of carbonyl (C=O) groups excluding carboxylic acids is 2. The lowest BCUT2D eigenvalue weighted by Gasteiger charge is -2.14. The van der Waals surface area contributed by atoms with Crippen molar-refractivity contribution in [3.8, 4) is 5.75 Å². The number of amides is 1. The van der Waals surface area contributed by atoms with Crippen molar-refractivity contribution in [2.75, 3.05) is 19.8 Å². The highest BCUT2D eigenvalue weighted by Crippen LogP contribution is 2.14. The van der Waals surface area contributed by atoms with Crippen LogP contribution in [0.3, 0.4) is 0 Å². The molecule has 0 aliphatic rings. The maximum Gasteiger partial charge on any atom is 0.347 e. The van der Waals surface area contributed by atoms with E-state index in [4.69, 9.17) is 14.2 Å². The quantitative estimate of drug-likeness (QED) is 0.513. The minimum atomic E-state index is -0.746. The molecule has 2 aromatic rings. The number of carbonyl (C=O) groups is 2. The van der Waals surface area contributed by atoms with Gasteiger partial charge in [0.2, 0.25) is 0 Å². The Labute approximate surface area is 159 Å². The summed E-state index contributed by atoms with van der Waals surface area (Å²) in [6.07, 6.45) is -0.746. The molecule has 0 radical (unpaired) electrons. The van der Waals surface area contributed by atoms with Gasteiger partial charge in [0.15, 0.2) is 6.10 Å². The van der Waals surface area contributed by atoms with Gasteiger partial charge in [0.05, 0.1) is 6.61 Å². The molecule has 27 heavy (non-hydrogen) atoms. The van der Waals surface area contributed by atoms with Gasteiger partial charge in [-0.05, 0) is 43.7 Å². The third-order valence-electron chi connectivity index (χ3n) is 3.73. The molecule has 0 aliphatic carbocycles. The maximum atomic E-state index is 12.2. The summed E-state index contributed by atoms with van der Waals surface area (Å²) in [5, 5.41) is 2.86. The predicted molar refractivity (Wildman–Crippen MR) is 102 cm³/mol. The fraction of sp³-hybridized carbons (Fsp3) is 0.333. The Hall–Kier alpha value is -2.86. The number of hydrogen-bond donors (Lipinski definition) is 1. The summed E-state index contributed by atoms with van der Waals surface area (Å²) in [6, 6.07) is 16.3. The first-order valence-corrected chi connectivity index (χ1v) is 8.93. The van der Waals surface area contributed by atoms with Gasteiger partial charge >= 0.3 is 5.97 Å². The standard InChI is InChI=1S/C21H25NO5/c1-3-25-13-14-26-21(24)16(2)27-19-11-9-18(10-12-19)20(23)22-15-17-7-5-4-6-8-17/h4-12,16H,3,13-15H2,1-2H3,(H,22,23)/t16-/m0/s1. The van der Waals surface area contributed by atoms with Crippen LogP contribution >= 0.6 is 0 Å². The van der Waals surface area contributed by atoms with Gasteiger partial charge in [0.1, 0.15) is 12.4 Å². The van der Waals surface area contributed by atoms with E-state index >= 15 is 0 Å². The molecule has 0 unspecified atom stereocenters. The second-order valence-corrected chi connectivity index (χ2v) is 5.82. The zero-order valence-corrected chi connectivity index (χ0v) is 15.6. The minimum Gasteiger partial charge on any atom is -0.479 e. The molecule has 0 aliphatic heterocycles. The van der Waals surface area contributed by atoms with E-state index in [1.807, 2.05) is 37.3 Å². The van der Waals surface area contributed by atoms with Crippen LogP contribution in [-0.2, 0) is 20.8 Å². The molecule has 2 rings (SSSR count). The van der Waals surface area contributed by atoms with Gasteiger partial charge < -0.3 is 19.5 Å². The zero-order chi connectivity index (χ0) is 19.5. The van der Waals surface area contributed by atoms with Gasteiger partial charge in [-0.3, -0.25) is 4.79 Å². The highest BCUT2D eigenvalue weighted by Gasteiger charge is 2.16. The maximum absolute atomic E-state index is 12.2. The summed E-state index contributed by atoms with van der Waals surface area (Å²) in [7, 11) is 0. The minimum absolute atomic E-state index is 0.172. The molecule has 0 spiro atoms. The van der Waals surface area contributed by atoms with Crippen molar-refractivity contribution in [2.24, 2.45) is 0 Å². The Morgan fingerprint density at radius 1 is 1.00 bits per heavy atom. The molecule has 2 aromatic carbocycles. The first-order chi connectivity index (χ1) is 13.1. The van der Waals surface area contributed by atoms with E-state index in [1.165, 1.54) is 0 Å². The van der Waals surface area contributed by atoms with Gasteiger partial charge in [0, 0.05) is 18.7 Å². The van der Waals surface area contributed by atoms with Crippen LogP contribution in [0.1, 0.15) is 29.8 Å². The number of nitrogens with one attached hydrogen (secondary N) is 1. The lowest BCUT2D eigenvalue weighted by Crippen LogP contribution is -2.27. The lowest BCUT2D eigenvalue weighted by molar-refractivity contribution is -0.152. The van der Waals surface area contributed by atoms with Gasteiger partial charge in [-0.2, -0.15) is 0 Å². The fourth-order valence-electron chi connectivity index (χ4n) is 2.28. The molecule has 0 heterocycles. The van der Waals surface area contributed by atoms with E-state index in [1.54, 1.807) is 31.2 Å². The second-order valence-electron chi connectivity index (χ2n) is 5.82. The predicted octanol–water partition coefficient (Wildman–Crippen LogP) is 2.96. The summed E-state index contributed by atoms with van der Waals surface area (Å²) < 4.78 is 15.7. The zero-order valence-electron chi connectivity index (χ0n) is 15.6. The molecule has 144 valence electrons. The Morgan fingerprint density at radius 3 is 2.37 bits per heavy atom. The Kier molecular flexibility index (Phi) is 8.32. The summed E-state index contributed by atoms with van der Waals surface area (Å²) >= 11 is 0. The lowest BCUT2D eigenvalue weighted by atomic mass is 10.2. The van der Waals surface area contributed by atoms with Crippen LogP contribution in [0.25, 0.3) is 0 Å². The highest BCUT2D eigenvalue weighted by atomic mass is 16.6. The third-order valence-corrected chi connectivity index (χ3v) is 3.73. The number of esters is 1. The third kappa shape index (κ3) is 7.11. The van der Waals surface area contributed by atoms with E-state index in [9.17, 15) is 9.59 Å². The molecular weight excluding hydrogens is 346 g/mol. The SMILES string of the molecule is CCOCCOC(=O)[C@H](C)Oc1ccc(C(=O)NCc2ccccc2)cc1. The van der Waals surface area contributed by atoms with E-state index in [-0.39, 0.29) is 12.5 Å². The summed E-state index contributed by atoms with van der Waals surface area (Å²) in [5.41, 5.74) is 1.55. The van der Waals surface area contributed by atoms with Crippen molar-refractivity contribution in [1.82, 2.24) is 5.32 Å². The van der Waals surface area contributed by atoms with Crippen molar-refractivity contribution in [2.45, 2.75) is 26.5 Å². The Bertz CT molecular complexity index is 715. The molecule has 0 saturated carbocycles.